The monoisotopic (exact) mass is 266 g/mol. The highest BCUT2D eigenvalue weighted by Crippen LogP contribution is 2.22. The number of hydrogen-bond donors (Lipinski definition) is 3. The van der Waals surface area contributed by atoms with E-state index in [1.165, 1.54) is 19.2 Å². The van der Waals surface area contributed by atoms with Crippen LogP contribution in [0.25, 0.3) is 0 Å². The van der Waals surface area contributed by atoms with E-state index in [4.69, 9.17) is 9.84 Å². The second-order valence-electron chi connectivity index (χ2n) is 5.05. The van der Waals surface area contributed by atoms with Gasteiger partial charge in [0.1, 0.15) is 5.75 Å². The van der Waals surface area contributed by atoms with Crippen molar-refractivity contribution in [1.29, 1.82) is 0 Å². The summed E-state index contributed by atoms with van der Waals surface area (Å²) in [6.07, 6.45) is 0. The van der Waals surface area contributed by atoms with Crippen LogP contribution in [0.2, 0.25) is 0 Å². The lowest BCUT2D eigenvalue weighted by atomic mass is 10.1. The summed E-state index contributed by atoms with van der Waals surface area (Å²) >= 11 is 0. The van der Waals surface area contributed by atoms with E-state index in [0.29, 0.717) is 5.75 Å². The number of rotatable bonds is 3. The predicted molar refractivity (Wildman–Crippen MR) is 71.9 cm³/mol. The van der Waals surface area contributed by atoms with Crippen LogP contribution in [0, 0.1) is 0 Å². The van der Waals surface area contributed by atoms with Gasteiger partial charge in [-0.25, -0.2) is 9.59 Å². The van der Waals surface area contributed by atoms with Crippen molar-refractivity contribution in [3.05, 3.63) is 23.8 Å². The zero-order chi connectivity index (χ0) is 14.6. The molecule has 0 aliphatic heterocycles. The molecule has 6 nitrogen and oxygen atoms in total. The molecular formula is C13H18N2O4. The van der Waals surface area contributed by atoms with Gasteiger partial charge in [-0.05, 0) is 39.0 Å². The molecule has 0 heterocycles. The molecule has 104 valence electrons. The van der Waals surface area contributed by atoms with E-state index in [9.17, 15) is 9.59 Å². The van der Waals surface area contributed by atoms with Gasteiger partial charge in [0.15, 0.2) is 0 Å². The third-order valence-electron chi connectivity index (χ3n) is 2.19. The van der Waals surface area contributed by atoms with Gasteiger partial charge in [0, 0.05) is 5.54 Å². The van der Waals surface area contributed by atoms with Crippen molar-refractivity contribution in [2.45, 2.75) is 26.3 Å². The Morgan fingerprint density at radius 1 is 1.26 bits per heavy atom. The molecular weight excluding hydrogens is 248 g/mol. The molecule has 3 N–H and O–H groups in total. The van der Waals surface area contributed by atoms with Gasteiger partial charge in [-0.15, -0.1) is 0 Å². The molecule has 0 bridgehead atoms. The van der Waals surface area contributed by atoms with Gasteiger partial charge in [-0.3, -0.25) is 0 Å². The molecule has 1 aromatic rings. The molecule has 0 unspecified atom stereocenters. The Morgan fingerprint density at radius 2 is 1.89 bits per heavy atom. The molecule has 0 atom stereocenters. The van der Waals surface area contributed by atoms with Gasteiger partial charge in [0.25, 0.3) is 0 Å². The standard InChI is InChI=1S/C13H18N2O4/c1-13(2,3)15-12(18)14-10-6-5-8(19-4)7-9(10)11(16)17/h5-7H,1-4H3,(H,16,17)(H2,14,15,18). The number of aromatic carboxylic acids is 1. The van der Waals surface area contributed by atoms with E-state index in [-0.39, 0.29) is 11.3 Å². The Bertz CT molecular complexity index is 492. The molecule has 2 amide bonds. The van der Waals surface area contributed by atoms with Crippen molar-refractivity contribution in [2.24, 2.45) is 0 Å². The van der Waals surface area contributed by atoms with Crippen LogP contribution in [0.5, 0.6) is 5.75 Å². The van der Waals surface area contributed by atoms with E-state index < -0.39 is 17.5 Å². The highest BCUT2D eigenvalue weighted by molar-refractivity contribution is 6.00. The van der Waals surface area contributed by atoms with E-state index in [1.54, 1.807) is 6.07 Å². The van der Waals surface area contributed by atoms with Crippen LogP contribution in [0.15, 0.2) is 18.2 Å². The second-order valence-corrected chi connectivity index (χ2v) is 5.05. The van der Waals surface area contributed by atoms with Gasteiger partial charge >= 0.3 is 12.0 Å². The molecule has 0 spiro atoms. The Kier molecular flexibility index (Phi) is 4.37. The number of benzene rings is 1. The first-order chi connectivity index (χ1) is 8.73. The van der Waals surface area contributed by atoms with Crippen LogP contribution in [0.1, 0.15) is 31.1 Å². The molecule has 0 saturated carbocycles. The third kappa shape index (κ3) is 4.50. The van der Waals surface area contributed by atoms with Gasteiger partial charge in [-0.2, -0.15) is 0 Å². The number of amides is 2. The largest absolute Gasteiger partial charge is 0.497 e. The van der Waals surface area contributed by atoms with E-state index in [2.05, 4.69) is 10.6 Å². The Balaban J connectivity index is 2.95. The minimum atomic E-state index is -1.13. The van der Waals surface area contributed by atoms with Gasteiger partial charge in [-0.1, -0.05) is 0 Å². The summed E-state index contributed by atoms with van der Waals surface area (Å²) in [6, 6.07) is 3.97. The first kappa shape index (κ1) is 14.8. The van der Waals surface area contributed by atoms with Crippen molar-refractivity contribution in [1.82, 2.24) is 5.32 Å². The van der Waals surface area contributed by atoms with Crippen molar-refractivity contribution >= 4 is 17.7 Å². The fourth-order valence-electron chi connectivity index (χ4n) is 1.43. The lowest BCUT2D eigenvalue weighted by Crippen LogP contribution is -2.43. The van der Waals surface area contributed by atoms with E-state index in [1.807, 2.05) is 20.8 Å². The first-order valence-electron chi connectivity index (χ1n) is 5.73. The fourth-order valence-corrected chi connectivity index (χ4v) is 1.43. The highest BCUT2D eigenvalue weighted by atomic mass is 16.5. The van der Waals surface area contributed by atoms with Crippen molar-refractivity contribution < 1.29 is 19.4 Å². The van der Waals surface area contributed by atoms with Crippen LogP contribution < -0.4 is 15.4 Å². The van der Waals surface area contributed by atoms with Crippen LogP contribution in [-0.4, -0.2) is 29.8 Å². The Labute approximate surface area is 111 Å². The normalized spacial score (nSPS) is 10.7. The summed E-state index contributed by atoms with van der Waals surface area (Å²) in [7, 11) is 1.44. The number of urea groups is 1. The zero-order valence-corrected chi connectivity index (χ0v) is 11.4. The average Bonchev–Trinajstić information content (AvgIpc) is 2.26. The smallest absolute Gasteiger partial charge is 0.337 e. The molecule has 6 heteroatoms. The molecule has 0 fully saturated rings. The van der Waals surface area contributed by atoms with Gasteiger partial charge in [0.05, 0.1) is 18.4 Å². The summed E-state index contributed by atoms with van der Waals surface area (Å²) in [5.41, 5.74) is -0.210. The van der Waals surface area contributed by atoms with Crippen molar-refractivity contribution in [3.8, 4) is 5.75 Å². The number of carbonyl (C=O) groups is 2. The highest BCUT2D eigenvalue weighted by Gasteiger charge is 2.17. The quantitative estimate of drug-likeness (QED) is 0.783. The summed E-state index contributed by atoms with van der Waals surface area (Å²) in [6.45, 7) is 5.50. The fraction of sp³-hybridized carbons (Fsp3) is 0.385. The van der Waals surface area contributed by atoms with Crippen molar-refractivity contribution in [2.75, 3.05) is 12.4 Å². The molecule has 0 aliphatic carbocycles. The number of ether oxygens (including phenoxy) is 1. The number of hydrogen-bond acceptors (Lipinski definition) is 3. The maximum absolute atomic E-state index is 11.7. The molecule has 0 aliphatic rings. The summed E-state index contributed by atoms with van der Waals surface area (Å²) < 4.78 is 4.95. The van der Waals surface area contributed by atoms with Crippen LogP contribution >= 0.6 is 0 Å². The number of anilines is 1. The number of carboxylic acids is 1. The zero-order valence-electron chi connectivity index (χ0n) is 11.4. The molecule has 0 saturated heterocycles. The minimum Gasteiger partial charge on any atom is -0.497 e. The van der Waals surface area contributed by atoms with Gasteiger partial charge in [0.2, 0.25) is 0 Å². The Hall–Kier alpha value is -2.24. The summed E-state index contributed by atoms with van der Waals surface area (Å²) in [4.78, 5) is 22.8. The molecule has 19 heavy (non-hydrogen) atoms. The topological polar surface area (TPSA) is 87.7 Å². The first-order valence-corrected chi connectivity index (χ1v) is 5.73. The maximum atomic E-state index is 11.7. The average molecular weight is 266 g/mol. The third-order valence-corrected chi connectivity index (χ3v) is 2.19. The summed E-state index contributed by atoms with van der Waals surface area (Å²) in [5, 5.41) is 14.3. The number of methoxy groups -OCH3 is 1. The van der Waals surface area contributed by atoms with Gasteiger partial charge < -0.3 is 20.5 Å². The molecule has 1 aromatic carbocycles. The molecule has 0 radical (unpaired) electrons. The lowest BCUT2D eigenvalue weighted by Gasteiger charge is -2.21. The van der Waals surface area contributed by atoms with Crippen molar-refractivity contribution in [3.63, 3.8) is 0 Å². The van der Waals surface area contributed by atoms with Crippen LogP contribution in [0.3, 0.4) is 0 Å². The lowest BCUT2D eigenvalue weighted by molar-refractivity contribution is 0.0697. The minimum absolute atomic E-state index is 0.0246. The molecule has 1 rings (SSSR count). The molecule has 0 aromatic heterocycles. The summed E-state index contributed by atoms with van der Waals surface area (Å²) in [5.74, 6) is -0.718. The van der Waals surface area contributed by atoms with E-state index >= 15 is 0 Å². The Morgan fingerprint density at radius 3 is 2.37 bits per heavy atom. The number of carboxylic acid groups (broad SMARTS) is 1. The van der Waals surface area contributed by atoms with Crippen LogP contribution in [0.4, 0.5) is 10.5 Å². The predicted octanol–water partition coefficient (Wildman–Crippen LogP) is 2.31. The van der Waals surface area contributed by atoms with Crippen LogP contribution in [-0.2, 0) is 0 Å². The maximum Gasteiger partial charge on any atom is 0.337 e. The number of carbonyl (C=O) groups excluding carboxylic acids is 1. The second kappa shape index (κ2) is 5.60. The number of nitrogens with one attached hydrogen (secondary N) is 2. The van der Waals surface area contributed by atoms with E-state index in [0.717, 1.165) is 0 Å². The SMILES string of the molecule is COc1ccc(NC(=O)NC(C)(C)C)c(C(=O)O)c1.